The maximum absolute atomic E-state index is 13.3. The highest BCUT2D eigenvalue weighted by Crippen LogP contribution is 2.33. The number of likely N-dealkylation sites (tertiary alicyclic amines) is 1. The molecule has 9 nitrogen and oxygen atoms in total. The summed E-state index contributed by atoms with van der Waals surface area (Å²) in [5.41, 5.74) is 2.84. The third kappa shape index (κ3) is 5.49. The van der Waals surface area contributed by atoms with Gasteiger partial charge in [0.1, 0.15) is 5.75 Å². The number of nitrogens with zero attached hydrogens (tertiary/aromatic N) is 3. The van der Waals surface area contributed by atoms with Gasteiger partial charge < -0.3 is 24.4 Å². The van der Waals surface area contributed by atoms with Crippen molar-refractivity contribution in [2.75, 3.05) is 20.2 Å². The fourth-order valence-corrected chi connectivity index (χ4v) is 5.08. The van der Waals surface area contributed by atoms with E-state index in [2.05, 4.69) is 10.4 Å². The van der Waals surface area contributed by atoms with E-state index >= 15 is 0 Å². The van der Waals surface area contributed by atoms with Gasteiger partial charge in [0.05, 0.1) is 36.6 Å². The van der Waals surface area contributed by atoms with Crippen LogP contribution in [0.25, 0.3) is 0 Å². The van der Waals surface area contributed by atoms with Crippen LogP contribution in [-0.4, -0.2) is 58.8 Å². The van der Waals surface area contributed by atoms with Gasteiger partial charge in [0.25, 0.3) is 5.91 Å². The molecule has 0 saturated carbocycles. The second-order valence-corrected chi connectivity index (χ2v) is 10.0. The Hall–Kier alpha value is -3.56. The Morgan fingerprint density at radius 2 is 2.03 bits per heavy atom. The lowest BCUT2D eigenvalue weighted by atomic mass is 10.0. The Morgan fingerprint density at radius 3 is 2.79 bits per heavy atom. The maximum atomic E-state index is 13.3. The molecule has 38 heavy (non-hydrogen) atoms. The lowest BCUT2D eigenvalue weighted by Crippen LogP contribution is -2.57. The van der Waals surface area contributed by atoms with E-state index in [9.17, 15) is 9.59 Å². The van der Waals surface area contributed by atoms with Crippen molar-refractivity contribution in [2.45, 2.75) is 44.9 Å². The standard InChI is InChI=1S/C28H31ClN4O5/c1-17-26(29)27(31-32(17)2)28(35)33-12-11-22-21(15-33)30-25(34)10-8-18-7-9-23(36-3)24(14-18)38-20-6-4-5-19(13-20)16-37-22/h4-7,9,13-14,21-22H,8,10-12,15-16H2,1-3H3,(H,30,34)/t21-,22+/m0/s1. The van der Waals surface area contributed by atoms with Crippen LogP contribution in [0.5, 0.6) is 17.2 Å². The number of nitrogens with one attached hydrogen (secondary N) is 1. The first-order valence-electron chi connectivity index (χ1n) is 12.7. The molecule has 2 atom stereocenters. The molecule has 3 heterocycles. The number of carbonyl (C=O) groups excluding carboxylic acids is 2. The van der Waals surface area contributed by atoms with E-state index < -0.39 is 0 Å². The van der Waals surface area contributed by atoms with Crippen molar-refractivity contribution >= 4 is 23.4 Å². The minimum atomic E-state index is -0.375. The molecular weight excluding hydrogens is 508 g/mol. The molecule has 0 aliphatic carbocycles. The Morgan fingerprint density at radius 1 is 1.18 bits per heavy atom. The second-order valence-electron chi connectivity index (χ2n) is 9.67. The molecule has 0 radical (unpaired) electrons. The van der Waals surface area contributed by atoms with Gasteiger partial charge in [-0.25, -0.2) is 0 Å². The number of rotatable bonds is 2. The van der Waals surface area contributed by atoms with Gasteiger partial charge in [0, 0.05) is 26.6 Å². The number of methoxy groups -OCH3 is 1. The highest BCUT2D eigenvalue weighted by Gasteiger charge is 2.35. The summed E-state index contributed by atoms with van der Waals surface area (Å²) in [5, 5.41) is 7.78. The Bertz CT molecular complexity index is 1360. The molecule has 2 amide bonds. The van der Waals surface area contributed by atoms with Crippen LogP contribution in [0.3, 0.4) is 0 Å². The quantitative estimate of drug-likeness (QED) is 0.529. The summed E-state index contributed by atoms with van der Waals surface area (Å²) >= 11 is 6.39. The van der Waals surface area contributed by atoms with Crippen LogP contribution in [-0.2, 0) is 29.6 Å². The Balaban J connectivity index is 1.39. The average Bonchev–Trinajstić information content (AvgIpc) is 3.17. The van der Waals surface area contributed by atoms with E-state index in [4.69, 9.17) is 25.8 Å². The van der Waals surface area contributed by atoms with E-state index in [1.54, 1.807) is 23.7 Å². The predicted octanol–water partition coefficient (Wildman–Crippen LogP) is 4.05. The van der Waals surface area contributed by atoms with Gasteiger partial charge in [-0.05, 0) is 55.2 Å². The third-order valence-corrected chi connectivity index (χ3v) is 7.56. The van der Waals surface area contributed by atoms with Crippen molar-refractivity contribution in [1.29, 1.82) is 0 Å². The molecule has 1 saturated heterocycles. The highest BCUT2D eigenvalue weighted by atomic mass is 35.5. The average molecular weight is 539 g/mol. The lowest BCUT2D eigenvalue weighted by molar-refractivity contribution is -0.124. The molecule has 1 N–H and O–H groups in total. The predicted molar refractivity (Wildman–Crippen MR) is 142 cm³/mol. The van der Waals surface area contributed by atoms with E-state index in [0.717, 1.165) is 16.8 Å². The molecule has 5 rings (SSSR count). The van der Waals surface area contributed by atoms with Gasteiger partial charge in [-0.3, -0.25) is 14.3 Å². The first-order chi connectivity index (χ1) is 18.3. The van der Waals surface area contributed by atoms with E-state index in [1.807, 2.05) is 49.4 Å². The first-order valence-corrected chi connectivity index (χ1v) is 13.0. The molecule has 0 spiro atoms. The minimum absolute atomic E-state index is 0.113. The summed E-state index contributed by atoms with van der Waals surface area (Å²) in [7, 11) is 3.35. The number of aryl methyl sites for hydroxylation is 2. The SMILES string of the molecule is COc1ccc2cc1Oc1cccc(c1)CO[C@@H]1CCN(C(=O)c3nn(C)c(C)c3Cl)C[C@@H]1NC(=O)CC2. The van der Waals surface area contributed by atoms with Crippen molar-refractivity contribution < 1.29 is 23.8 Å². The van der Waals surface area contributed by atoms with Crippen LogP contribution < -0.4 is 14.8 Å². The number of fused-ring (bicyclic) bond motifs is 5. The normalized spacial score (nSPS) is 19.9. The maximum Gasteiger partial charge on any atom is 0.275 e. The number of hydrogen-bond donors (Lipinski definition) is 1. The summed E-state index contributed by atoms with van der Waals surface area (Å²) in [6, 6.07) is 13.0. The molecule has 4 bridgehead atoms. The van der Waals surface area contributed by atoms with Gasteiger partial charge in [0.15, 0.2) is 17.2 Å². The summed E-state index contributed by atoms with van der Waals surface area (Å²) in [5.74, 6) is 1.51. The molecule has 2 aliphatic rings. The molecule has 0 unspecified atom stereocenters. The number of halogens is 1. The summed E-state index contributed by atoms with van der Waals surface area (Å²) in [4.78, 5) is 28.0. The van der Waals surface area contributed by atoms with Gasteiger partial charge in [-0.15, -0.1) is 0 Å². The van der Waals surface area contributed by atoms with Crippen molar-refractivity contribution in [2.24, 2.45) is 7.05 Å². The second kappa shape index (κ2) is 11.0. The van der Waals surface area contributed by atoms with Crippen LogP contribution in [0, 0.1) is 6.92 Å². The molecule has 1 fully saturated rings. The van der Waals surface area contributed by atoms with Gasteiger partial charge >= 0.3 is 0 Å². The van der Waals surface area contributed by atoms with Gasteiger partial charge in [0.2, 0.25) is 5.91 Å². The summed E-state index contributed by atoms with van der Waals surface area (Å²) < 4.78 is 19.5. The minimum Gasteiger partial charge on any atom is -0.493 e. The van der Waals surface area contributed by atoms with E-state index in [0.29, 0.717) is 54.8 Å². The van der Waals surface area contributed by atoms with Crippen LogP contribution in [0.2, 0.25) is 5.02 Å². The molecular formula is C28H31ClN4O5. The van der Waals surface area contributed by atoms with Crippen LogP contribution in [0.15, 0.2) is 42.5 Å². The largest absolute Gasteiger partial charge is 0.493 e. The number of amides is 2. The van der Waals surface area contributed by atoms with Crippen molar-refractivity contribution in [3.63, 3.8) is 0 Å². The fourth-order valence-electron chi connectivity index (χ4n) is 4.84. The molecule has 200 valence electrons. The topological polar surface area (TPSA) is 94.9 Å². The zero-order valence-corrected chi connectivity index (χ0v) is 22.5. The number of piperidine rings is 1. The van der Waals surface area contributed by atoms with Crippen LogP contribution in [0.4, 0.5) is 0 Å². The number of hydrogen-bond acceptors (Lipinski definition) is 6. The zero-order valence-electron chi connectivity index (χ0n) is 21.7. The number of benzene rings is 2. The Labute approximate surface area is 226 Å². The fraction of sp³-hybridized carbons (Fsp3) is 0.393. The molecule has 2 aliphatic heterocycles. The number of ether oxygens (including phenoxy) is 3. The number of carbonyl (C=O) groups is 2. The smallest absolute Gasteiger partial charge is 0.275 e. The van der Waals surface area contributed by atoms with Gasteiger partial charge in [-0.1, -0.05) is 29.8 Å². The third-order valence-electron chi connectivity index (χ3n) is 7.11. The van der Waals surface area contributed by atoms with E-state index in [1.165, 1.54) is 0 Å². The van der Waals surface area contributed by atoms with Crippen molar-refractivity contribution in [3.05, 3.63) is 70.0 Å². The molecule has 3 aromatic rings. The van der Waals surface area contributed by atoms with E-state index in [-0.39, 0.29) is 36.1 Å². The first kappa shape index (κ1) is 26.1. The van der Waals surface area contributed by atoms with Crippen molar-refractivity contribution in [3.8, 4) is 17.2 Å². The highest BCUT2D eigenvalue weighted by molar-refractivity contribution is 6.34. The summed E-state index contributed by atoms with van der Waals surface area (Å²) in [6.07, 6.45) is 1.10. The monoisotopic (exact) mass is 538 g/mol. The summed E-state index contributed by atoms with van der Waals surface area (Å²) in [6.45, 7) is 2.93. The molecule has 2 aromatic carbocycles. The lowest BCUT2D eigenvalue weighted by Gasteiger charge is -2.38. The molecule has 10 heteroatoms. The zero-order chi connectivity index (χ0) is 26.8. The molecule has 1 aromatic heterocycles. The van der Waals surface area contributed by atoms with Gasteiger partial charge in [-0.2, -0.15) is 5.10 Å². The Kier molecular flexibility index (Phi) is 7.58. The van der Waals surface area contributed by atoms with Crippen molar-refractivity contribution in [1.82, 2.24) is 20.0 Å². The van der Waals surface area contributed by atoms with Crippen LogP contribution >= 0.6 is 11.6 Å². The number of aromatic nitrogens is 2. The van der Waals surface area contributed by atoms with Crippen LogP contribution in [0.1, 0.15) is 40.2 Å².